The Morgan fingerprint density at radius 2 is 2.00 bits per heavy atom. The van der Waals surface area contributed by atoms with Crippen molar-refractivity contribution in [2.24, 2.45) is 5.92 Å². The van der Waals surface area contributed by atoms with Gasteiger partial charge < -0.3 is 14.7 Å². The predicted molar refractivity (Wildman–Crippen MR) is 88.1 cm³/mol. The number of carbonyl (C=O) groups is 2. The number of halogens is 2. The van der Waals surface area contributed by atoms with Crippen LogP contribution in [0.3, 0.4) is 0 Å². The topological polar surface area (TPSA) is 75.4 Å². The molecule has 3 rings (SSSR count). The van der Waals surface area contributed by atoms with Crippen molar-refractivity contribution in [1.82, 2.24) is 15.4 Å². The van der Waals surface area contributed by atoms with Crippen LogP contribution in [0, 0.1) is 24.5 Å². The number of hydrogen-bond acceptors (Lipinski definition) is 4. The molecule has 1 aliphatic rings. The molecular weight excluding hydrogens is 344 g/mol. The number of likely N-dealkylation sites (tertiary alicyclic amines) is 1. The van der Waals surface area contributed by atoms with Crippen molar-refractivity contribution in [3.63, 3.8) is 0 Å². The molecule has 138 valence electrons. The first kappa shape index (κ1) is 18.0. The Bertz CT molecular complexity index is 814. The molecule has 0 saturated carbocycles. The number of aromatic nitrogens is 1. The molecule has 26 heavy (non-hydrogen) atoms. The molecule has 2 amide bonds. The highest BCUT2D eigenvalue weighted by atomic mass is 19.1. The lowest BCUT2D eigenvalue weighted by atomic mass is 9.95. The van der Waals surface area contributed by atoms with Gasteiger partial charge >= 0.3 is 0 Å². The van der Waals surface area contributed by atoms with Gasteiger partial charge in [0.15, 0.2) is 5.76 Å². The van der Waals surface area contributed by atoms with E-state index in [4.69, 9.17) is 4.52 Å². The predicted octanol–water partition coefficient (Wildman–Crippen LogP) is 2.43. The molecule has 1 N–H and O–H groups in total. The monoisotopic (exact) mass is 363 g/mol. The molecule has 2 heterocycles. The van der Waals surface area contributed by atoms with Gasteiger partial charge in [-0.05, 0) is 31.9 Å². The summed E-state index contributed by atoms with van der Waals surface area (Å²) >= 11 is 0. The summed E-state index contributed by atoms with van der Waals surface area (Å²) < 4.78 is 31.8. The summed E-state index contributed by atoms with van der Waals surface area (Å²) in [5.74, 6) is -1.84. The maximum absolute atomic E-state index is 13.8. The third-order valence-electron chi connectivity index (χ3n) is 4.43. The number of rotatable bonds is 4. The minimum Gasteiger partial charge on any atom is -0.359 e. The largest absolute Gasteiger partial charge is 0.359 e. The highest BCUT2D eigenvalue weighted by Gasteiger charge is 2.29. The van der Waals surface area contributed by atoms with Crippen molar-refractivity contribution in [3.05, 3.63) is 52.9 Å². The Hall–Kier alpha value is -2.77. The van der Waals surface area contributed by atoms with E-state index in [1.54, 1.807) is 13.0 Å². The van der Waals surface area contributed by atoms with Crippen molar-refractivity contribution in [2.45, 2.75) is 26.3 Å². The summed E-state index contributed by atoms with van der Waals surface area (Å²) in [5.41, 5.74) is 0.587. The lowest BCUT2D eigenvalue weighted by molar-refractivity contribution is -0.126. The molecule has 1 aromatic heterocycles. The van der Waals surface area contributed by atoms with Gasteiger partial charge in [0.25, 0.3) is 5.91 Å². The van der Waals surface area contributed by atoms with Crippen LogP contribution in [-0.2, 0) is 11.3 Å². The Morgan fingerprint density at radius 1 is 1.27 bits per heavy atom. The summed E-state index contributed by atoms with van der Waals surface area (Å²) in [5, 5.41) is 6.55. The van der Waals surface area contributed by atoms with Gasteiger partial charge in [-0.25, -0.2) is 8.78 Å². The summed E-state index contributed by atoms with van der Waals surface area (Å²) in [7, 11) is 0. The minimum atomic E-state index is -0.878. The summed E-state index contributed by atoms with van der Waals surface area (Å²) in [6.45, 7) is 2.75. The van der Waals surface area contributed by atoms with Gasteiger partial charge in [0.1, 0.15) is 11.6 Å². The number of aryl methyl sites for hydroxylation is 1. The second-order valence-electron chi connectivity index (χ2n) is 6.34. The van der Waals surface area contributed by atoms with Crippen molar-refractivity contribution in [1.29, 1.82) is 0 Å². The van der Waals surface area contributed by atoms with E-state index in [2.05, 4.69) is 10.5 Å². The Labute approximate surface area is 149 Å². The number of nitrogens with one attached hydrogen (secondary N) is 1. The standard InChI is InChI=1S/C18H19F2N3O3/c1-11-8-14(26-22-11)10-21-17(24)12-4-6-23(7-5-12)18(25)15-3-2-13(19)9-16(15)20/h2-3,8-9,12H,4-7,10H2,1H3,(H,21,24). The normalized spacial score (nSPS) is 15.1. The SMILES string of the molecule is Cc1cc(CNC(=O)C2CCN(C(=O)c3ccc(F)cc3F)CC2)on1. The van der Waals surface area contributed by atoms with E-state index >= 15 is 0 Å². The summed E-state index contributed by atoms with van der Waals surface area (Å²) in [6, 6.07) is 4.64. The fourth-order valence-corrected chi connectivity index (χ4v) is 3.00. The molecule has 0 aliphatic carbocycles. The van der Waals surface area contributed by atoms with E-state index in [1.165, 1.54) is 4.90 Å². The molecule has 1 fully saturated rings. The number of carbonyl (C=O) groups excluding carboxylic acids is 2. The van der Waals surface area contributed by atoms with Crippen LogP contribution in [0.15, 0.2) is 28.8 Å². The molecule has 1 aromatic carbocycles. The number of piperidine rings is 1. The van der Waals surface area contributed by atoms with Crippen LogP contribution < -0.4 is 5.32 Å². The van der Waals surface area contributed by atoms with Gasteiger partial charge in [0.05, 0.1) is 17.8 Å². The van der Waals surface area contributed by atoms with E-state index in [-0.39, 0.29) is 23.9 Å². The van der Waals surface area contributed by atoms with Crippen LogP contribution in [-0.4, -0.2) is 35.0 Å². The molecule has 0 atom stereocenters. The number of nitrogens with zero attached hydrogens (tertiary/aromatic N) is 2. The first-order valence-electron chi connectivity index (χ1n) is 8.38. The van der Waals surface area contributed by atoms with Crippen molar-refractivity contribution >= 4 is 11.8 Å². The summed E-state index contributed by atoms with van der Waals surface area (Å²) in [4.78, 5) is 26.1. The number of benzene rings is 1. The molecule has 2 aromatic rings. The highest BCUT2D eigenvalue weighted by molar-refractivity contribution is 5.94. The second kappa shape index (κ2) is 7.63. The third-order valence-corrected chi connectivity index (χ3v) is 4.43. The first-order valence-corrected chi connectivity index (χ1v) is 8.38. The smallest absolute Gasteiger partial charge is 0.256 e. The van der Waals surface area contributed by atoms with Crippen LogP contribution in [0.25, 0.3) is 0 Å². The zero-order chi connectivity index (χ0) is 18.7. The van der Waals surface area contributed by atoms with Crippen LogP contribution in [0.2, 0.25) is 0 Å². The molecule has 8 heteroatoms. The lowest BCUT2D eigenvalue weighted by Crippen LogP contribution is -2.43. The Kier molecular flexibility index (Phi) is 5.29. The average molecular weight is 363 g/mol. The van der Waals surface area contributed by atoms with E-state index < -0.39 is 17.5 Å². The van der Waals surface area contributed by atoms with Gasteiger partial charge in [-0.15, -0.1) is 0 Å². The van der Waals surface area contributed by atoms with E-state index in [0.29, 0.717) is 37.8 Å². The quantitative estimate of drug-likeness (QED) is 0.905. The first-order chi connectivity index (χ1) is 12.4. The molecule has 1 aliphatic heterocycles. The molecule has 0 bridgehead atoms. The molecular formula is C18H19F2N3O3. The van der Waals surface area contributed by atoms with E-state index in [9.17, 15) is 18.4 Å². The van der Waals surface area contributed by atoms with Crippen LogP contribution >= 0.6 is 0 Å². The molecule has 0 unspecified atom stereocenters. The Morgan fingerprint density at radius 3 is 2.62 bits per heavy atom. The average Bonchev–Trinajstić information content (AvgIpc) is 3.04. The fraction of sp³-hybridized carbons (Fsp3) is 0.389. The zero-order valence-electron chi connectivity index (χ0n) is 14.3. The summed E-state index contributed by atoms with van der Waals surface area (Å²) in [6.07, 6.45) is 0.964. The molecule has 6 nitrogen and oxygen atoms in total. The van der Waals surface area contributed by atoms with Gasteiger partial charge in [0, 0.05) is 31.1 Å². The fourth-order valence-electron chi connectivity index (χ4n) is 3.00. The third kappa shape index (κ3) is 4.07. The van der Waals surface area contributed by atoms with E-state index in [0.717, 1.165) is 17.8 Å². The van der Waals surface area contributed by atoms with Gasteiger partial charge in [-0.2, -0.15) is 0 Å². The maximum atomic E-state index is 13.8. The Balaban J connectivity index is 1.51. The van der Waals surface area contributed by atoms with Crippen molar-refractivity contribution < 1.29 is 22.9 Å². The second-order valence-corrected chi connectivity index (χ2v) is 6.34. The molecule has 0 spiro atoms. The highest BCUT2D eigenvalue weighted by Crippen LogP contribution is 2.21. The van der Waals surface area contributed by atoms with Crippen LogP contribution in [0.1, 0.15) is 34.7 Å². The van der Waals surface area contributed by atoms with Crippen LogP contribution in [0.5, 0.6) is 0 Å². The minimum absolute atomic E-state index is 0.112. The molecule has 1 saturated heterocycles. The maximum Gasteiger partial charge on any atom is 0.256 e. The van der Waals surface area contributed by atoms with E-state index in [1.807, 2.05) is 0 Å². The van der Waals surface area contributed by atoms with Crippen LogP contribution in [0.4, 0.5) is 8.78 Å². The lowest BCUT2D eigenvalue weighted by Gasteiger charge is -2.31. The van der Waals surface area contributed by atoms with Crippen molar-refractivity contribution in [3.8, 4) is 0 Å². The molecule has 0 radical (unpaired) electrons. The van der Waals surface area contributed by atoms with Crippen molar-refractivity contribution in [2.75, 3.05) is 13.1 Å². The number of amides is 2. The van der Waals surface area contributed by atoms with Gasteiger partial charge in [-0.3, -0.25) is 9.59 Å². The van der Waals surface area contributed by atoms with Gasteiger partial charge in [0.2, 0.25) is 5.91 Å². The number of hydrogen-bond donors (Lipinski definition) is 1. The van der Waals surface area contributed by atoms with Gasteiger partial charge in [-0.1, -0.05) is 5.16 Å². The zero-order valence-corrected chi connectivity index (χ0v) is 14.3.